The molecular weight excluding hydrogens is 252 g/mol. The van der Waals surface area contributed by atoms with E-state index in [1.807, 2.05) is 37.3 Å². The number of amides is 1. The summed E-state index contributed by atoms with van der Waals surface area (Å²) >= 11 is 0. The molecule has 0 bridgehead atoms. The zero-order chi connectivity index (χ0) is 14.5. The molecule has 2 aromatic carbocycles. The molecule has 2 N–H and O–H groups in total. The summed E-state index contributed by atoms with van der Waals surface area (Å²) in [5, 5.41) is 0. The van der Waals surface area contributed by atoms with E-state index in [0.29, 0.717) is 29.2 Å². The Hall–Kier alpha value is -2.49. The van der Waals surface area contributed by atoms with E-state index >= 15 is 0 Å². The van der Waals surface area contributed by atoms with Gasteiger partial charge in [-0.3, -0.25) is 4.79 Å². The van der Waals surface area contributed by atoms with Crippen molar-refractivity contribution in [3.8, 4) is 5.75 Å². The molecule has 0 radical (unpaired) electrons. The van der Waals surface area contributed by atoms with Crippen LogP contribution in [0.5, 0.6) is 5.75 Å². The van der Waals surface area contributed by atoms with Crippen molar-refractivity contribution >= 4 is 17.3 Å². The third-order valence-electron chi connectivity index (χ3n) is 3.13. The maximum atomic E-state index is 12.7. The first-order chi connectivity index (χ1) is 9.69. The number of rotatable bonds is 4. The molecule has 0 saturated heterocycles. The van der Waals surface area contributed by atoms with Gasteiger partial charge in [0.2, 0.25) is 0 Å². The number of nitrogen functional groups attached to an aromatic ring is 1. The zero-order valence-corrected chi connectivity index (χ0v) is 11.7. The van der Waals surface area contributed by atoms with Gasteiger partial charge in [-0.25, -0.2) is 0 Å². The van der Waals surface area contributed by atoms with Crippen LogP contribution in [0.2, 0.25) is 0 Å². The number of hydrogen-bond donors (Lipinski definition) is 1. The monoisotopic (exact) mass is 270 g/mol. The minimum Gasteiger partial charge on any atom is -0.496 e. The van der Waals surface area contributed by atoms with Crippen LogP contribution in [0.25, 0.3) is 0 Å². The average molecular weight is 270 g/mol. The molecule has 0 spiro atoms. The highest BCUT2D eigenvalue weighted by atomic mass is 16.5. The van der Waals surface area contributed by atoms with Crippen LogP contribution in [0.1, 0.15) is 17.3 Å². The van der Waals surface area contributed by atoms with Crippen LogP contribution in [-0.4, -0.2) is 19.6 Å². The number of nitrogens with zero attached hydrogens (tertiary/aromatic N) is 1. The molecular formula is C16H18N2O2. The van der Waals surface area contributed by atoms with Gasteiger partial charge in [0.1, 0.15) is 5.75 Å². The van der Waals surface area contributed by atoms with Crippen LogP contribution in [0.4, 0.5) is 11.4 Å². The third kappa shape index (κ3) is 2.59. The Kier molecular flexibility index (Phi) is 4.25. The van der Waals surface area contributed by atoms with E-state index in [-0.39, 0.29) is 5.91 Å². The van der Waals surface area contributed by atoms with Crippen LogP contribution in [0.3, 0.4) is 0 Å². The number of para-hydroxylation sites is 3. The van der Waals surface area contributed by atoms with Gasteiger partial charge in [-0.2, -0.15) is 0 Å². The lowest BCUT2D eigenvalue weighted by Gasteiger charge is -2.23. The van der Waals surface area contributed by atoms with Crippen molar-refractivity contribution in [3.05, 3.63) is 54.1 Å². The van der Waals surface area contributed by atoms with Crippen LogP contribution >= 0.6 is 0 Å². The second kappa shape index (κ2) is 6.10. The summed E-state index contributed by atoms with van der Waals surface area (Å²) in [4.78, 5) is 14.3. The summed E-state index contributed by atoms with van der Waals surface area (Å²) in [5.74, 6) is 0.438. The van der Waals surface area contributed by atoms with Crippen LogP contribution < -0.4 is 15.4 Å². The number of benzene rings is 2. The quantitative estimate of drug-likeness (QED) is 0.869. The first-order valence-electron chi connectivity index (χ1n) is 6.48. The molecule has 0 atom stereocenters. The standard InChI is InChI=1S/C16H18N2O2/c1-3-18(14-10-6-5-9-13(14)17)16(19)12-8-4-7-11-15(12)20-2/h4-11H,3,17H2,1-2H3. The lowest BCUT2D eigenvalue weighted by Crippen LogP contribution is -2.31. The zero-order valence-electron chi connectivity index (χ0n) is 11.7. The largest absolute Gasteiger partial charge is 0.496 e. The van der Waals surface area contributed by atoms with Gasteiger partial charge in [0.15, 0.2) is 0 Å². The number of nitrogens with two attached hydrogens (primary N) is 1. The molecule has 20 heavy (non-hydrogen) atoms. The van der Waals surface area contributed by atoms with E-state index in [1.54, 1.807) is 30.2 Å². The average Bonchev–Trinajstić information content (AvgIpc) is 2.49. The van der Waals surface area contributed by atoms with Gasteiger partial charge in [0.05, 0.1) is 24.0 Å². The minimum absolute atomic E-state index is 0.122. The summed E-state index contributed by atoms with van der Waals surface area (Å²) < 4.78 is 5.25. The Morgan fingerprint density at radius 1 is 1.15 bits per heavy atom. The maximum Gasteiger partial charge on any atom is 0.262 e. The SMILES string of the molecule is CCN(C(=O)c1ccccc1OC)c1ccccc1N. The van der Waals surface area contributed by atoms with Gasteiger partial charge in [0.25, 0.3) is 5.91 Å². The Labute approximate surface area is 118 Å². The third-order valence-corrected chi connectivity index (χ3v) is 3.13. The van der Waals surface area contributed by atoms with E-state index < -0.39 is 0 Å². The number of ether oxygens (including phenoxy) is 1. The molecule has 4 heteroatoms. The number of hydrogen-bond acceptors (Lipinski definition) is 3. The molecule has 0 unspecified atom stereocenters. The predicted molar refractivity (Wildman–Crippen MR) is 81.2 cm³/mol. The molecule has 0 fully saturated rings. The molecule has 2 rings (SSSR count). The van der Waals surface area contributed by atoms with E-state index in [4.69, 9.17) is 10.5 Å². The molecule has 0 saturated carbocycles. The van der Waals surface area contributed by atoms with Gasteiger partial charge < -0.3 is 15.4 Å². The lowest BCUT2D eigenvalue weighted by atomic mass is 10.1. The van der Waals surface area contributed by atoms with Gasteiger partial charge in [-0.1, -0.05) is 24.3 Å². The van der Waals surface area contributed by atoms with Crippen molar-refractivity contribution in [1.82, 2.24) is 0 Å². The van der Waals surface area contributed by atoms with Crippen molar-refractivity contribution < 1.29 is 9.53 Å². The first-order valence-corrected chi connectivity index (χ1v) is 6.48. The molecule has 0 aromatic heterocycles. The summed E-state index contributed by atoms with van der Waals surface area (Å²) in [6.45, 7) is 2.45. The fourth-order valence-electron chi connectivity index (χ4n) is 2.12. The lowest BCUT2D eigenvalue weighted by molar-refractivity contribution is 0.0985. The first kappa shape index (κ1) is 13.9. The molecule has 4 nitrogen and oxygen atoms in total. The number of anilines is 2. The highest BCUT2D eigenvalue weighted by Gasteiger charge is 2.20. The normalized spacial score (nSPS) is 10.1. The molecule has 104 valence electrons. The molecule has 0 heterocycles. The molecule has 2 aromatic rings. The molecule has 0 aliphatic rings. The second-order valence-corrected chi connectivity index (χ2v) is 4.31. The predicted octanol–water partition coefficient (Wildman–Crippen LogP) is 2.94. The Bertz CT molecular complexity index is 611. The van der Waals surface area contributed by atoms with Crippen molar-refractivity contribution in [2.75, 3.05) is 24.3 Å². The maximum absolute atomic E-state index is 12.7. The second-order valence-electron chi connectivity index (χ2n) is 4.31. The smallest absolute Gasteiger partial charge is 0.262 e. The highest BCUT2D eigenvalue weighted by Crippen LogP contribution is 2.26. The van der Waals surface area contributed by atoms with Crippen LogP contribution in [0.15, 0.2) is 48.5 Å². The van der Waals surface area contributed by atoms with Crippen LogP contribution in [-0.2, 0) is 0 Å². The van der Waals surface area contributed by atoms with E-state index in [9.17, 15) is 4.79 Å². The van der Waals surface area contributed by atoms with E-state index in [1.165, 1.54) is 0 Å². The molecule has 0 aliphatic carbocycles. The van der Waals surface area contributed by atoms with Gasteiger partial charge in [-0.05, 0) is 31.2 Å². The van der Waals surface area contributed by atoms with Gasteiger partial charge in [-0.15, -0.1) is 0 Å². The Balaban J connectivity index is 2.42. The molecule has 0 aliphatic heterocycles. The number of carbonyl (C=O) groups is 1. The number of carbonyl (C=O) groups excluding carboxylic acids is 1. The number of methoxy groups -OCH3 is 1. The Morgan fingerprint density at radius 2 is 1.80 bits per heavy atom. The summed E-state index contributed by atoms with van der Waals surface area (Å²) in [6.07, 6.45) is 0. The van der Waals surface area contributed by atoms with Crippen molar-refractivity contribution in [3.63, 3.8) is 0 Å². The van der Waals surface area contributed by atoms with Gasteiger partial charge in [0, 0.05) is 6.54 Å². The van der Waals surface area contributed by atoms with E-state index in [0.717, 1.165) is 0 Å². The fraction of sp³-hybridized carbons (Fsp3) is 0.188. The van der Waals surface area contributed by atoms with E-state index in [2.05, 4.69) is 0 Å². The Morgan fingerprint density at radius 3 is 2.45 bits per heavy atom. The highest BCUT2D eigenvalue weighted by molar-refractivity contribution is 6.09. The fourth-order valence-corrected chi connectivity index (χ4v) is 2.12. The summed E-state index contributed by atoms with van der Waals surface area (Å²) in [5.41, 5.74) is 7.78. The van der Waals surface area contributed by atoms with Crippen molar-refractivity contribution in [1.29, 1.82) is 0 Å². The van der Waals surface area contributed by atoms with Crippen molar-refractivity contribution in [2.24, 2.45) is 0 Å². The molecule has 1 amide bonds. The van der Waals surface area contributed by atoms with Crippen LogP contribution in [0, 0.1) is 0 Å². The summed E-state index contributed by atoms with van der Waals surface area (Å²) in [6, 6.07) is 14.5. The van der Waals surface area contributed by atoms with Gasteiger partial charge >= 0.3 is 0 Å². The van der Waals surface area contributed by atoms with Crippen molar-refractivity contribution in [2.45, 2.75) is 6.92 Å². The summed E-state index contributed by atoms with van der Waals surface area (Å²) in [7, 11) is 1.55. The topological polar surface area (TPSA) is 55.6 Å². The minimum atomic E-state index is -0.122.